The van der Waals surface area contributed by atoms with Crippen molar-refractivity contribution in [2.45, 2.75) is 18.6 Å². The van der Waals surface area contributed by atoms with Crippen LogP contribution in [0, 0.1) is 0 Å². The third-order valence-corrected chi connectivity index (χ3v) is 9.57. The van der Waals surface area contributed by atoms with E-state index >= 15 is 0 Å². The van der Waals surface area contributed by atoms with Crippen LogP contribution < -0.4 is 0 Å². The molecule has 0 unspecified atom stereocenters. The number of halogens is 2. The summed E-state index contributed by atoms with van der Waals surface area (Å²) >= 11 is -0.169. The minimum absolute atomic E-state index is 0.0847. The van der Waals surface area contributed by atoms with Crippen LogP contribution in [0.4, 0.5) is 0 Å². The number of hydrogen-bond acceptors (Lipinski definition) is 2. The lowest BCUT2D eigenvalue weighted by Crippen LogP contribution is -2.34. The van der Waals surface area contributed by atoms with Gasteiger partial charge in [-0.1, -0.05) is 41.5 Å². The van der Waals surface area contributed by atoms with Gasteiger partial charge in [-0.25, -0.2) is 0 Å². The van der Waals surface area contributed by atoms with Gasteiger partial charge in [0.25, 0.3) is 10.1 Å². The molecule has 0 aliphatic carbocycles. The maximum Gasteiger partial charge on any atom is 0.274 e. The van der Waals surface area contributed by atoms with Crippen molar-refractivity contribution in [3.8, 4) is 0 Å². The second-order valence-corrected chi connectivity index (χ2v) is 11.3. The van der Waals surface area contributed by atoms with Crippen molar-refractivity contribution in [2.75, 3.05) is 0 Å². The normalized spacial score (nSPS) is 18.5. The van der Waals surface area contributed by atoms with E-state index in [2.05, 4.69) is 2.02 Å². The van der Waals surface area contributed by atoms with Crippen LogP contribution >= 0.6 is 41.5 Å². The zero-order valence-electron chi connectivity index (χ0n) is 7.16. The van der Waals surface area contributed by atoms with Crippen molar-refractivity contribution >= 4 is 57.6 Å². The molecule has 0 radical (unpaired) electrons. The summed E-state index contributed by atoms with van der Waals surface area (Å²) in [4.78, 5) is 0. The first kappa shape index (κ1) is 11.9. The zero-order valence-corrected chi connectivity index (χ0v) is 12.3. The van der Waals surface area contributed by atoms with Crippen LogP contribution in [0.5, 0.6) is 0 Å². The summed E-state index contributed by atoms with van der Waals surface area (Å²) in [5.41, 5.74) is 0.790. The van der Waals surface area contributed by atoms with Gasteiger partial charge in [-0.05, 0) is 27.5 Å². The number of rotatable bonds is 2. The Morgan fingerprint density at radius 3 is 2.38 bits per heavy atom. The Morgan fingerprint density at radius 1 is 1.38 bits per heavy atom. The van der Waals surface area contributed by atoms with Crippen LogP contribution in [0.2, 0.25) is 0 Å². The zero-order chi connectivity index (χ0) is 10.1. The highest BCUT2D eigenvalue weighted by atomic mass is 127. The van der Waals surface area contributed by atoms with Gasteiger partial charge in [-0.3, -0.25) is 4.55 Å². The molecule has 76 valence electrons. The van der Waals surface area contributed by atoms with Gasteiger partial charge < -0.3 is 0 Å². The molecule has 1 aliphatic heterocycles. The monoisotopic (exact) mass is 428 g/mol. The van der Waals surface area contributed by atoms with Gasteiger partial charge in [0.1, 0.15) is 4.75 Å². The SMILES string of the molecule is CC(C)(C1=CI=CI=C1)S(=O)(=O)O. The molecule has 1 heterocycles. The van der Waals surface area contributed by atoms with E-state index in [0.717, 1.165) is 5.57 Å². The first-order chi connectivity index (χ1) is 5.86. The highest BCUT2D eigenvalue weighted by Gasteiger charge is 2.35. The minimum atomic E-state index is -3.98. The van der Waals surface area contributed by atoms with E-state index in [4.69, 9.17) is 4.55 Å². The second kappa shape index (κ2) is 4.15. The molecule has 0 aromatic carbocycles. The van der Waals surface area contributed by atoms with Gasteiger partial charge in [0.05, 0.1) is 0 Å². The standard InChI is InChI=1S/C7H10I2O3S/c1-7(2,13(10,11)12)6-3-8-5-9-4-6/h3-5H,1-2H3,(H,10,11,12). The molecule has 0 spiro atoms. The van der Waals surface area contributed by atoms with Gasteiger partial charge in [-0.2, -0.15) is 8.42 Å². The Kier molecular flexibility index (Phi) is 3.81. The summed E-state index contributed by atoms with van der Waals surface area (Å²) in [5, 5.41) is 0. The summed E-state index contributed by atoms with van der Waals surface area (Å²) < 4.78 is 36.2. The molecular weight excluding hydrogens is 418 g/mol. The first-order valence-electron chi connectivity index (χ1n) is 3.42. The third kappa shape index (κ3) is 2.66. The van der Waals surface area contributed by atoms with Gasteiger partial charge >= 0.3 is 0 Å². The predicted octanol–water partition coefficient (Wildman–Crippen LogP) is 2.05. The third-order valence-electron chi connectivity index (χ3n) is 1.80. The van der Waals surface area contributed by atoms with Crippen molar-refractivity contribution < 1.29 is 13.0 Å². The molecule has 6 heteroatoms. The summed E-state index contributed by atoms with van der Waals surface area (Å²) in [5.74, 6) is 0. The lowest BCUT2D eigenvalue weighted by molar-refractivity contribution is 0.458. The molecule has 13 heavy (non-hydrogen) atoms. The van der Waals surface area contributed by atoms with Crippen LogP contribution in [-0.2, 0) is 10.1 Å². The molecule has 1 N–H and O–H groups in total. The lowest BCUT2D eigenvalue weighted by atomic mass is 10.1. The van der Waals surface area contributed by atoms with Crippen molar-refractivity contribution in [3.05, 3.63) is 9.66 Å². The highest BCUT2D eigenvalue weighted by molar-refractivity contribution is 14.3. The average Bonchev–Trinajstić information content (AvgIpc) is 2.04. The maximum atomic E-state index is 11.1. The average molecular weight is 428 g/mol. The van der Waals surface area contributed by atoms with Gasteiger partial charge in [-0.15, -0.1) is 0 Å². The topological polar surface area (TPSA) is 54.4 Å². The van der Waals surface area contributed by atoms with Crippen LogP contribution in [0.15, 0.2) is 9.66 Å². The molecule has 0 atom stereocenters. The summed E-state index contributed by atoms with van der Waals surface area (Å²) in [6, 6.07) is 0. The van der Waals surface area contributed by atoms with Crippen molar-refractivity contribution in [1.82, 2.24) is 0 Å². The van der Waals surface area contributed by atoms with E-state index in [1.54, 1.807) is 13.8 Å². The molecule has 0 bridgehead atoms. The van der Waals surface area contributed by atoms with E-state index < -0.39 is 14.9 Å². The molecule has 0 saturated heterocycles. The van der Waals surface area contributed by atoms with E-state index in [-0.39, 0.29) is 41.5 Å². The largest absolute Gasteiger partial charge is 0.285 e. The fourth-order valence-corrected chi connectivity index (χ4v) is 8.17. The van der Waals surface area contributed by atoms with Crippen molar-refractivity contribution in [1.29, 1.82) is 0 Å². The predicted molar refractivity (Wildman–Crippen MR) is 73.9 cm³/mol. The Morgan fingerprint density at radius 2 is 2.00 bits per heavy atom. The van der Waals surface area contributed by atoms with Gasteiger partial charge in [0.15, 0.2) is 0 Å². The van der Waals surface area contributed by atoms with E-state index in [0.29, 0.717) is 0 Å². The first-order valence-corrected chi connectivity index (χ1v) is 9.84. The molecule has 3 nitrogen and oxygen atoms in total. The Balaban J connectivity index is 3.15. The fraction of sp³-hybridized carbons (Fsp3) is 0.429. The van der Waals surface area contributed by atoms with Crippen LogP contribution in [0.3, 0.4) is 0 Å². The molecule has 1 rings (SSSR count). The van der Waals surface area contributed by atoms with Gasteiger partial charge in [0, 0.05) is 2.02 Å². The van der Waals surface area contributed by atoms with Crippen molar-refractivity contribution in [3.63, 3.8) is 0 Å². The molecule has 0 fully saturated rings. The maximum absolute atomic E-state index is 11.1. The number of hydrogen-bond donors (Lipinski definition) is 1. The fourth-order valence-electron chi connectivity index (χ4n) is 0.646. The van der Waals surface area contributed by atoms with E-state index in [1.165, 1.54) is 0 Å². The Bertz CT molecular complexity index is 390. The van der Waals surface area contributed by atoms with Crippen LogP contribution in [0.1, 0.15) is 13.8 Å². The summed E-state index contributed by atoms with van der Waals surface area (Å²) in [6.07, 6.45) is 0. The Hall–Kier alpha value is 0.850. The van der Waals surface area contributed by atoms with Crippen LogP contribution in [0.25, 0.3) is 0 Å². The molecule has 0 saturated carbocycles. The lowest BCUT2D eigenvalue weighted by Gasteiger charge is -2.22. The molecule has 0 aromatic rings. The smallest absolute Gasteiger partial charge is 0.274 e. The van der Waals surface area contributed by atoms with Gasteiger partial charge in [0.2, 0.25) is 0 Å². The molecule has 0 aromatic heterocycles. The molecule has 0 amide bonds. The summed E-state index contributed by atoms with van der Waals surface area (Å²) in [6.45, 7) is 3.09. The van der Waals surface area contributed by atoms with Crippen molar-refractivity contribution in [2.24, 2.45) is 0 Å². The van der Waals surface area contributed by atoms with Crippen LogP contribution in [-0.4, -0.2) is 23.7 Å². The van der Waals surface area contributed by atoms with E-state index in [9.17, 15) is 8.42 Å². The summed E-state index contributed by atoms with van der Waals surface area (Å²) in [7, 11) is -3.98. The van der Waals surface area contributed by atoms with E-state index in [1.807, 2.05) is 8.09 Å². The highest BCUT2D eigenvalue weighted by Crippen LogP contribution is 2.29. The Labute approximate surface area is 97.9 Å². The minimum Gasteiger partial charge on any atom is -0.285 e. The molecular formula is C7H10I2O3S. The quantitative estimate of drug-likeness (QED) is 0.542. The molecule has 1 aliphatic rings. The second-order valence-electron chi connectivity index (χ2n) is 2.99.